The van der Waals surface area contributed by atoms with Gasteiger partial charge < -0.3 is 14.6 Å². The SMILES string of the molecule is COc1ccc(Cl)c(/C(O)=C2\C(=O)C(=O)N(c3ccc(C)c(C)c3)C2c2cccc(OC(C)=O)c2)c1. The van der Waals surface area contributed by atoms with Crippen molar-refractivity contribution in [3.63, 3.8) is 0 Å². The van der Waals surface area contributed by atoms with Gasteiger partial charge in [0.25, 0.3) is 11.7 Å². The maximum atomic E-state index is 13.4. The van der Waals surface area contributed by atoms with Gasteiger partial charge in [-0.05, 0) is 73.0 Å². The molecule has 1 fully saturated rings. The van der Waals surface area contributed by atoms with Crippen molar-refractivity contribution >= 4 is 40.7 Å². The topological polar surface area (TPSA) is 93.1 Å². The average molecular weight is 506 g/mol. The van der Waals surface area contributed by atoms with E-state index in [1.807, 2.05) is 26.0 Å². The minimum atomic E-state index is -1.01. The van der Waals surface area contributed by atoms with Crippen molar-refractivity contribution in [1.82, 2.24) is 0 Å². The summed E-state index contributed by atoms with van der Waals surface area (Å²) in [4.78, 5) is 39.7. The van der Waals surface area contributed by atoms with Gasteiger partial charge in [-0.25, -0.2) is 0 Å². The second-order valence-corrected chi connectivity index (χ2v) is 8.86. The van der Waals surface area contributed by atoms with Gasteiger partial charge in [0.15, 0.2) is 0 Å². The first-order valence-corrected chi connectivity index (χ1v) is 11.5. The number of methoxy groups -OCH3 is 1. The molecule has 184 valence electrons. The van der Waals surface area contributed by atoms with E-state index in [1.165, 1.54) is 31.1 Å². The molecule has 1 saturated heterocycles. The van der Waals surface area contributed by atoms with Crippen LogP contribution in [0.1, 0.15) is 35.2 Å². The Bertz CT molecular complexity index is 1430. The first-order valence-electron chi connectivity index (χ1n) is 11.1. The number of Topliss-reactive ketones (excluding diaryl/α,β-unsaturated/α-hetero) is 1. The molecule has 1 amide bonds. The van der Waals surface area contributed by atoms with Crippen molar-refractivity contribution in [2.24, 2.45) is 0 Å². The van der Waals surface area contributed by atoms with Crippen LogP contribution >= 0.6 is 11.6 Å². The van der Waals surface area contributed by atoms with Gasteiger partial charge >= 0.3 is 5.97 Å². The van der Waals surface area contributed by atoms with Crippen LogP contribution in [0.25, 0.3) is 5.76 Å². The summed E-state index contributed by atoms with van der Waals surface area (Å²) in [6.45, 7) is 5.12. The van der Waals surface area contributed by atoms with Crippen molar-refractivity contribution in [2.75, 3.05) is 12.0 Å². The van der Waals surface area contributed by atoms with Gasteiger partial charge in [-0.3, -0.25) is 19.3 Å². The summed E-state index contributed by atoms with van der Waals surface area (Å²) < 4.78 is 10.5. The Balaban J connectivity index is 1.98. The first-order chi connectivity index (χ1) is 17.1. The number of ether oxygens (including phenoxy) is 2. The van der Waals surface area contributed by atoms with Gasteiger partial charge in [0, 0.05) is 18.2 Å². The van der Waals surface area contributed by atoms with Crippen LogP contribution in [0.4, 0.5) is 5.69 Å². The molecule has 0 aliphatic carbocycles. The van der Waals surface area contributed by atoms with Crippen LogP contribution in [0.5, 0.6) is 11.5 Å². The Hall–Kier alpha value is -4.10. The normalized spacial score (nSPS) is 16.8. The number of aliphatic hydroxyl groups is 1. The number of esters is 1. The molecule has 0 spiro atoms. The number of carbonyl (C=O) groups is 3. The zero-order valence-electron chi connectivity index (χ0n) is 20.2. The van der Waals surface area contributed by atoms with E-state index in [4.69, 9.17) is 21.1 Å². The molecule has 8 heteroatoms. The summed E-state index contributed by atoms with van der Waals surface area (Å²) in [5.41, 5.74) is 2.90. The van der Waals surface area contributed by atoms with Crippen LogP contribution < -0.4 is 14.4 Å². The number of rotatable bonds is 5. The molecule has 0 radical (unpaired) electrons. The number of anilines is 1. The number of ketones is 1. The third-order valence-corrected chi connectivity index (χ3v) is 6.41. The lowest BCUT2D eigenvalue weighted by molar-refractivity contribution is -0.132. The predicted molar refractivity (Wildman–Crippen MR) is 136 cm³/mol. The molecule has 36 heavy (non-hydrogen) atoms. The molecular formula is C28H24ClNO6. The van der Waals surface area contributed by atoms with Crippen molar-refractivity contribution in [3.05, 3.63) is 93.5 Å². The number of hydrogen-bond donors (Lipinski definition) is 1. The van der Waals surface area contributed by atoms with E-state index < -0.39 is 29.5 Å². The molecule has 4 rings (SSSR count). The van der Waals surface area contributed by atoms with E-state index in [2.05, 4.69) is 0 Å². The number of aliphatic hydroxyl groups excluding tert-OH is 1. The van der Waals surface area contributed by atoms with Gasteiger partial charge in [-0.1, -0.05) is 29.8 Å². The van der Waals surface area contributed by atoms with Crippen LogP contribution in [-0.4, -0.2) is 29.9 Å². The van der Waals surface area contributed by atoms with E-state index in [9.17, 15) is 19.5 Å². The van der Waals surface area contributed by atoms with E-state index in [0.29, 0.717) is 17.0 Å². The lowest BCUT2D eigenvalue weighted by atomic mass is 9.94. The fraction of sp³-hybridized carbons (Fsp3) is 0.179. The maximum absolute atomic E-state index is 13.4. The smallest absolute Gasteiger partial charge is 0.308 e. The minimum absolute atomic E-state index is 0.145. The Morgan fingerprint density at radius 1 is 0.972 bits per heavy atom. The highest BCUT2D eigenvalue weighted by molar-refractivity contribution is 6.52. The molecule has 1 N–H and O–H groups in total. The second-order valence-electron chi connectivity index (χ2n) is 8.45. The highest BCUT2D eigenvalue weighted by atomic mass is 35.5. The molecule has 1 aliphatic rings. The number of carbonyl (C=O) groups excluding carboxylic acids is 3. The summed E-state index contributed by atoms with van der Waals surface area (Å²) in [6, 6.07) is 15.5. The Morgan fingerprint density at radius 2 is 1.72 bits per heavy atom. The number of benzene rings is 3. The molecule has 1 heterocycles. The molecule has 1 unspecified atom stereocenters. The van der Waals surface area contributed by atoms with Gasteiger partial charge in [-0.2, -0.15) is 0 Å². The number of aryl methyl sites for hydroxylation is 2. The number of amides is 1. The predicted octanol–water partition coefficient (Wildman–Crippen LogP) is 5.52. The lowest BCUT2D eigenvalue weighted by Crippen LogP contribution is -2.29. The average Bonchev–Trinajstić information content (AvgIpc) is 3.11. The molecule has 0 bridgehead atoms. The van der Waals surface area contributed by atoms with E-state index in [1.54, 1.807) is 36.4 Å². The number of hydrogen-bond acceptors (Lipinski definition) is 6. The Labute approximate surface area is 213 Å². The van der Waals surface area contributed by atoms with Gasteiger partial charge in [0.1, 0.15) is 17.3 Å². The second kappa shape index (κ2) is 9.87. The quantitative estimate of drug-likeness (QED) is 0.161. The van der Waals surface area contributed by atoms with Crippen LogP contribution in [0.15, 0.2) is 66.2 Å². The highest BCUT2D eigenvalue weighted by Gasteiger charge is 2.47. The standard InChI is InChI=1S/C28H24ClNO6/c1-15-8-9-19(12-16(15)2)30-25(18-6-5-7-21(13-18)36-17(3)31)24(27(33)28(30)34)26(32)22-14-20(35-4)10-11-23(22)29/h5-14,25,32H,1-4H3/b26-24+. The fourth-order valence-electron chi connectivity index (χ4n) is 4.16. The number of nitrogens with zero attached hydrogens (tertiary/aromatic N) is 1. The zero-order chi connectivity index (χ0) is 26.1. The van der Waals surface area contributed by atoms with Gasteiger partial charge in [-0.15, -0.1) is 0 Å². The third kappa shape index (κ3) is 4.57. The monoisotopic (exact) mass is 505 g/mol. The van der Waals surface area contributed by atoms with E-state index in [0.717, 1.165) is 11.1 Å². The molecule has 0 aromatic heterocycles. The molecule has 1 aliphatic heterocycles. The maximum Gasteiger partial charge on any atom is 0.308 e. The fourth-order valence-corrected chi connectivity index (χ4v) is 4.37. The van der Waals surface area contributed by atoms with Crippen molar-refractivity contribution in [1.29, 1.82) is 0 Å². The molecule has 3 aromatic carbocycles. The van der Waals surface area contributed by atoms with Crippen LogP contribution in [0.2, 0.25) is 5.02 Å². The zero-order valence-corrected chi connectivity index (χ0v) is 20.9. The van der Waals surface area contributed by atoms with Gasteiger partial charge in [0.05, 0.1) is 23.7 Å². The van der Waals surface area contributed by atoms with Gasteiger partial charge in [0.2, 0.25) is 0 Å². The Kier molecular flexibility index (Phi) is 6.86. The summed E-state index contributed by atoms with van der Waals surface area (Å²) in [5.74, 6) is -1.97. The van der Waals surface area contributed by atoms with Crippen molar-refractivity contribution < 1.29 is 29.0 Å². The molecule has 3 aromatic rings. The summed E-state index contributed by atoms with van der Waals surface area (Å²) >= 11 is 6.36. The van der Waals surface area contributed by atoms with E-state index in [-0.39, 0.29) is 21.9 Å². The largest absolute Gasteiger partial charge is 0.507 e. The third-order valence-electron chi connectivity index (χ3n) is 6.08. The van der Waals surface area contributed by atoms with Crippen LogP contribution in [0.3, 0.4) is 0 Å². The highest BCUT2D eigenvalue weighted by Crippen LogP contribution is 2.44. The Morgan fingerprint density at radius 3 is 2.39 bits per heavy atom. The van der Waals surface area contributed by atoms with Crippen LogP contribution in [0, 0.1) is 13.8 Å². The number of halogens is 1. The summed E-state index contributed by atoms with van der Waals surface area (Å²) in [7, 11) is 1.46. The minimum Gasteiger partial charge on any atom is -0.507 e. The van der Waals surface area contributed by atoms with Crippen molar-refractivity contribution in [2.45, 2.75) is 26.8 Å². The van der Waals surface area contributed by atoms with Crippen LogP contribution in [-0.2, 0) is 14.4 Å². The van der Waals surface area contributed by atoms with E-state index >= 15 is 0 Å². The summed E-state index contributed by atoms with van der Waals surface area (Å²) in [6.07, 6.45) is 0. The molecular weight excluding hydrogens is 482 g/mol. The molecule has 1 atom stereocenters. The molecule has 0 saturated carbocycles. The van der Waals surface area contributed by atoms with Crippen molar-refractivity contribution in [3.8, 4) is 11.5 Å². The summed E-state index contributed by atoms with van der Waals surface area (Å²) in [5, 5.41) is 11.6. The first kappa shape index (κ1) is 25.0. The lowest BCUT2D eigenvalue weighted by Gasteiger charge is -2.26. The molecule has 7 nitrogen and oxygen atoms in total.